The predicted octanol–water partition coefficient (Wildman–Crippen LogP) is 3.90. The molecule has 0 aliphatic heterocycles. The molecule has 0 aromatic heterocycles. The van der Waals surface area contributed by atoms with Crippen molar-refractivity contribution >= 4 is 17.3 Å². The first-order chi connectivity index (χ1) is 9.74. The van der Waals surface area contributed by atoms with Gasteiger partial charge in [-0.05, 0) is 36.4 Å². The van der Waals surface area contributed by atoms with Crippen LogP contribution in [-0.2, 0) is 4.74 Å². The van der Waals surface area contributed by atoms with E-state index in [1.165, 1.54) is 7.11 Å². The molecule has 0 aliphatic carbocycles. The van der Waals surface area contributed by atoms with Crippen molar-refractivity contribution < 1.29 is 14.3 Å². The van der Waals surface area contributed by atoms with Crippen molar-refractivity contribution in [3.8, 4) is 5.75 Å². The van der Waals surface area contributed by atoms with Crippen LogP contribution in [0.3, 0.4) is 0 Å². The highest BCUT2D eigenvalue weighted by Crippen LogP contribution is 2.24. The molecule has 2 rings (SSSR count). The summed E-state index contributed by atoms with van der Waals surface area (Å²) in [4.78, 5) is 11.6. The standard InChI is InChI=1S/C15H14N2O3/c1-19-12-9-7-11(8-10-12)16-17-14-6-4-3-5-13(14)15(18)20-2/h3-10H,1-2H3. The minimum absolute atomic E-state index is 0.382. The van der Waals surface area contributed by atoms with Gasteiger partial charge in [0.1, 0.15) is 11.4 Å². The first kappa shape index (κ1) is 13.7. The van der Waals surface area contributed by atoms with Gasteiger partial charge in [-0.25, -0.2) is 4.79 Å². The van der Waals surface area contributed by atoms with Gasteiger partial charge in [-0.2, -0.15) is 5.11 Å². The third kappa shape index (κ3) is 3.20. The number of ether oxygens (including phenoxy) is 2. The molecule has 0 aliphatic rings. The molecule has 0 atom stereocenters. The fourth-order valence-electron chi connectivity index (χ4n) is 1.60. The molecule has 0 saturated heterocycles. The van der Waals surface area contributed by atoms with E-state index in [4.69, 9.17) is 9.47 Å². The molecule has 5 nitrogen and oxygen atoms in total. The Balaban J connectivity index is 2.24. The van der Waals surface area contributed by atoms with E-state index in [0.29, 0.717) is 16.9 Å². The van der Waals surface area contributed by atoms with Gasteiger partial charge in [0, 0.05) is 0 Å². The Kier molecular flexibility index (Phi) is 4.44. The van der Waals surface area contributed by atoms with Crippen molar-refractivity contribution in [2.75, 3.05) is 14.2 Å². The van der Waals surface area contributed by atoms with E-state index in [2.05, 4.69) is 10.2 Å². The minimum atomic E-state index is -0.436. The summed E-state index contributed by atoms with van der Waals surface area (Å²) in [7, 11) is 2.93. The molecule has 20 heavy (non-hydrogen) atoms. The lowest BCUT2D eigenvalue weighted by atomic mass is 10.2. The topological polar surface area (TPSA) is 60.2 Å². The van der Waals surface area contributed by atoms with E-state index >= 15 is 0 Å². The van der Waals surface area contributed by atoms with Gasteiger partial charge in [-0.15, -0.1) is 5.11 Å². The Hall–Kier alpha value is -2.69. The van der Waals surface area contributed by atoms with Crippen molar-refractivity contribution in [3.05, 3.63) is 54.1 Å². The van der Waals surface area contributed by atoms with Gasteiger partial charge in [0.05, 0.1) is 25.5 Å². The second-order valence-corrected chi connectivity index (χ2v) is 3.91. The molecule has 102 valence electrons. The zero-order valence-corrected chi connectivity index (χ0v) is 11.2. The highest BCUT2D eigenvalue weighted by molar-refractivity contribution is 5.94. The van der Waals surface area contributed by atoms with Crippen LogP contribution in [0.15, 0.2) is 58.8 Å². The van der Waals surface area contributed by atoms with E-state index in [0.717, 1.165) is 5.75 Å². The summed E-state index contributed by atoms with van der Waals surface area (Å²) in [6.45, 7) is 0. The van der Waals surface area contributed by atoms with Crippen LogP contribution in [0.1, 0.15) is 10.4 Å². The highest BCUT2D eigenvalue weighted by atomic mass is 16.5. The van der Waals surface area contributed by atoms with Gasteiger partial charge in [-0.3, -0.25) is 0 Å². The summed E-state index contributed by atoms with van der Waals surface area (Å²) in [6.07, 6.45) is 0. The molecule has 0 fully saturated rings. The number of nitrogens with zero attached hydrogens (tertiary/aromatic N) is 2. The summed E-state index contributed by atoms with van der Waals surface area (Å²) < 4.78 is 9.77. The molecule has 2 aromatic rings. The van der Waals surface area contributed by atoms with Crippen LogP contribution < -0.4 is 4.74 Å². The third-order valence-corrected chi connectivity index (χ3v) is 2.65. The fourth-order valence-corrected chi connectivity index (χ4v) is 1.60. The summed E-state index contributed by atoms with van der Waals surface area (Å²) in [5.74, 6) is 0.313. The van der Waals surface area contributed by atoms with E-state index in [-0.39, 0.29) is 0 Å². The first-order valence-corrected chi connectivity index (χ1v) is 5.97. The van der Waals surface area contributed by atoms with Crippen LogP contribution in [0.2, 0.25) is 0 Å². The van der Waals surface area contributed by atoms with Crippen LogP contribution in [0.25, 0.3) is 0 Å². The predicted molar refractivity (Wildman–Crippen MR) is 75.0 cm³/mol. The van der Waals surface area contributed by atoms with Gasteiger partial charge in [-0.1, -0.05) is 12.1 Å². The van der Waals surface area contributed by atoms with E-state index < -0.39 is 5.97 Å². The Morgan fingerprint density at radius 2 is 1.65 bits per heavy atom. The molecular formula is C15H14N2O3. The van der Waals surface area contributed by atoms with Gasteiger partial charge >= 0.3 is 5.97 Å². The number of azo groups is 1. The zero-order chi connectivity index (χ0) is 14.4. The Labute approximate surface area is 116 Å². The molecule has 0 amide bonds. The number of hydrogen-bond donors (Lipinski definition) is 0. The average molecular weight is 270 g/mol. The van der Waals surface area contributed by atoms with Crippen LogP contribution >= 0.6 is 0 Å². The third-order valence-electron chi connectivity index (χ3n) is 2.65. The molecule has 0 radical (unpaired) electrons. The van der Waals surface area contributed by atoms with E-state index in [9.17, 15) is 4.79 Å². The van der Waals surface area contributed by atoms with Crippen LogP contribution in [0.4, 0.5) is 11.4 Å². The highest BCUT2D eigenvalue weighted by Gasteiger charge is 2.10. The number of carbonyl (C=O) groups excluding carboxylic acids is 1. The summed E-state index contributed by atoms with van der Waals surface area (Å²) >= 11 is 0. The van der Waals surface area contributed by atoms with Crippen LogP contribution in [0, 0.1) is 0 Å². The quantitative estimate of drug-likeness (QED) is 0.625. The lowest BCUT2D eigenvalue weighted by molar-refractivity contribution is 0.0601. The smallest absolute Gasteiger partial charge is 0.340 e. The van der Waals surface area contributed by atoms with E-state index in [1.807, 2.05) is 0 Å². The molecule has 2 aromatic carbocycles. The molecule has 0 bridgehead atoms. The second-order valence-electron chi connectivity index (χ2n) is 3.91. The number of rotatable bonds is 4. The Bertz CT molecular complexity index is 621. The molecule has 0 N–H and O–H groups in total. The maximum absolute atomic E-state index is 11.6. The largest absolute Gasteiger partial charge is 0.497 e. The van der Waals surface area contributed by atoms with Crippen LogP contribution in [0.5, 0.6) is 5.75 Å². The molecular weight excluding hydrogens is 256 g/mol. The molecule has 0 unspecified atom stereocenters. The van der Waals surface area contributed by atoms with Gasteiger partial charge in [0.25, 0.3) is 0 Å². The SMILES string of the molecule is COC(=O)c1ccccc1N=Nc1ccc(OC)cc1. The maximum Gasteiger partial charge on any atom is 0.340 e. The molecule has 0 spiro atoms. The maximum atomic E-state index is 11.6. The molecule has 0 saturated carbocycles. The number of methoxy groups -OCH3 is 2. The second kappa shape index (κ2) is 6.47. The monoisotopic (exact) mass is 270 g/mol. The van der Waals surface area contributed by atoms with E-state index in [1.54, 1.807) is 55.6 Å². The average Bonchev–Trinajstić information content (AvgIpc) is 2.53. The number of esters is 1. The van der Waals surface area contributed by atoms with Gasteiger partial charge in [0.15, 0.2) is 0 Å². The van der Waals surface area contributed by atoms with Crippen molar-refractivity contribution in [1.82, 2.24) is 0 Å². The van der Waals surface area contributed by atoms with Crippen molar-refractivity contribution in [3.63, 3.8) is 0 Å². The summed E-state index contributed by atoms with van der Waals surface area (Å²) in [5.41, 5.74) is 1.52. The van der Waals surface area contributed by atoms with Crippen molar-refractivity contribution in [1.29, 1.82) is 0 Å². The zero-order valence-electron chi connectivity index (χ0n) is 11.2. The Morgan fingerprint density at radius 3 is 2.30 bits per heavy atom. The minimum Gasteiger partial charge on any atom is -0.497 e. The van der Waals surface area contributed by atoms with Crippen molar-refractivity contribution in [2.45, 2.75) is 0 Å². The lowest BCUT2D eigenvalue weighted by Crippen LogP contribution is -2.00. The fraction of sp³-hybridized carbons (Fsp3) is 0.133. The number of carbonyl (C=O) groups is 1. The number of hydrogen-bond acceptors (Lipinski definition) is 5. The molecule has 5 heteroatoms. The summed E-state index contributed by atoms with van der Waals surface area (Å²) in [5, 5.41) is 8.18. The van der Waals surface area contributed by atoms with Crippen molar-refractivity contribution in [2.24, 2.45) is 10.2 Å². The lowest BCUT2D eigenvalue weighted by Gasteiger charge is -2.02. The van der Waals surface area contributed by atoms with Crippen LogP contribution in [-0.4, -0.2) is 20.2 Å². The van der Waals surface area contributed by atoms with Gasteiger partial charge < -0.3 is 9.47 Å². The normalized spacial score (nSPS) is 10.5. The summed E-state index contributed by atoms with van der Waals surface area (Å²) in [6, 6.07) is 14.0. The molecule has 0 heterocycles. The Morgan fingerprint density at radius 1 is 0.950 bits per heavy atom. The number of benzene rings is 2. The first-order valence-electron chi connectivity index (χ1n) is 5.97. The van der Waals surface area contributed by atoms with Gasteiger partial charge in [0.2, 0.25) is 0 Å².